The molecular formula is C13H17N2S+. The molecule has 0 aliphatic heterocycles. The van der Waals surface area contributed by atoms with Crippen LogP contribution in [-0.2, 0) is 7.05 Å². The van der Waals surface area contributed by atoms with Crippen molar-refractivity contribution < 1.29 is 4.57 Å². The fourth-order valence-corrected chi connectivity index (χ4v) is 2.55. The number of aryl methyl sites for hydroxylation is 3. The molecule has 0 unspecified atom stereocenters. The summed E-state index contributed by atoms with van der Waals surface area (Å²) in [6.45, 7) is 6.37. The Bertz CT molecular complexity index is 515. The first-order valence-corrected chi connectivity index (χ1v) is 6.24. The van der Waals surface area contributed by atoms with Crippen molar-refractivity contribution in [1.82, 2.24) is 0 Å². The van der Waals surface area contributed by atoms with Crippen molar-refractivity contribution in [3.63, 3.8) is 0 Å². The highest BCUT2D eigenvalue weighted by atomic mass is 32.1. The largest absolute Gasteiger partial charge is 0.338 e. The molecule has 1 aromatic heterocycles. The third kappa shape index (κ3) is 2.09. The average molecular weight is 233 g/mol. The summed E-state index contributed by atoms with van der Waals surface area (Å²) in [4.78, 5) is 0. The number of benzene rings is 1. The van der Waals surface area contributed by atoms with Gasteiger partial charge in [-0.2, -0.15) is 0 Å². The molecule has 2 aromatic rings. The monoisotopic (exact) mass is 233 g/mol. The summed E-state index contributed by atoms with van der Waals surface area (Å²) in [5.74, 6) is 0. The number of hydrogen-bond acceptors (Lipinski definition) is 2. The quantitative estimate of drug-likeness (QED) is 0.787. The molecule has 2 nitrogen and oxygen atoms in total. The van der Waals surface area contributed by atoms with Crippen LogP contribution in [0.1, 0.15) is 16.8 Å². The fraction of sp³-hybridized carbons (Fsp3) is 0.308. The molecule has 2 rings (SSSR count). The van der Waals surface area contributed by atoms with Gasteiger partial charge in [0.05, 0.1) is 7.05 Å². The number of nitrogens with zero attached hydrogens (tertiary/aromatic N) is 1. The molecule has 0 aliphatic rings. The minimum Gasteiger partial charge on any atom is -0.231 e. The second-order valence-electron chi connectivity index (χ2n) is 4.18. The van der Waals surface area contributed by atoms with Crippen molar-refractivity contribution in [1.29, 1.82) is 0 Å². The number of aromatic nitrogens is 1. The summed E-state index contributed by atoms with van der Waals surface area (Å²) in [6.07, 6.45) is 0. The Hall–Kier alpha value is -1.35. The van der Waals surface area contributed by atoms with Crippen LogP contribution < -0.4 is 9.88 Å². The highest BCUT2D eigenvalue weighted by Crippen LogP contribution is 2.22. The van der Waals surface area contributed by atoms with Gasteiger partial charge in [0.2, 0.25) is 0 Å². The zero-order valence-electron chi connectivity index (χ0n) is 10.2. The molecule has 0 fully saturated rings. The molecule has 1 aromatic carbocycles. The number of anilines is 2. The van der Waals surface area contributed by atoms with Crippen LogP contribution in [0.15, 0.2) is 23.6 Å². The van der Waals surface area contributed by atoms with Gasteiger partial charge in [0.15, 0.2) is 0 Å². The minimum absolute atomic E-state index is 1.17. The first-order valence-electron chi connectivity index (χ1n) is 5.36. The van der Waals surface area contributed by atoms with Gasteiger partial charge < -0.3 is 0 Å². The topological polar surface area (TPSA) is 15.9 Å². The SMILES string of the molecule is Cc1ccc(Nc2scc(C)[n+]2C)c(C)c1. The highest BCUT2D eigenvalue weighted by molar-refractivity contribution is 7.13. The molecule has 0 atom stereocenters. The van der Waals surface area contributed by atoms with E-state index in [4.69, 9.17) is 0 Å². The average Bonchev–Trinajstić information content (AvgIpc) is 2.54. The molecule has 1 N–H and O–H groups in total. The van der Waals surface area contributed by atoms with E-state index in [2.05, 4.69) is 61.3 Å². The second kappa shape index (κ2) is 4.26. The maximum atomic E-state index is 3.47. The number of hydrogen-bond donors (Lipinski definition) is 1. The molecule has 0 saturated heterocycles. The highest BCUT2D eigenvalue weighted by Gasteiger charge is 2.12. The normalized spacial score (nSPS) is 10.5. The Labute approximate surface area is 101 Å². The molecule has 0 aliphatic carbocycles. The Morgan fingerprint density at radius 2 is 1.94 bits per heavy atom. The van der Waals surface area contributed by atoms with Crippen LogP contribution in [0.3, 0.4) is 0 Å². The summed E-state index contributed by atoms with van der Waals surface area (Å²) in [7, 11) is 2.08. The van der Waals surface area contributed by atoms with Crippen molar-refractivity contribution in [3.8, 4) is 0 Å². The Balaban J connectivity index is 2.30. The smallest absolute Gasteiger partial charge is 0.231 e. The van der Waals surface area contributed by atoms with Crippen LogP contribution in [-0.4, -0.2) is 0 Å². The molecule has 3 heteroatoms. The van der Waals surface area contributed by atoms with Crippen molar-refractivity contribution in [2.45, 2.75) is 20.8 Å². The van der Waals surface area contributed by atoms with E-state index in [-0.39, 0.29) is 0 Å². The Morgan fingerprint density at radius 3 is 2.50 bits per heavy atom. The molecule has 0 spiro atoms. The summed E-state index contributed by atoms with van der Waals surface area (Å²) in [6, 6.07) is 6.47. The van der Waals surface area contributed by atoms with Crippen LogP contribution in [0.2, 0.25) is 0 Å². The van der Waals surface area contributed by atoms with Gasteiger partial charge in [0.25, 0.3) is 0 Å². The zero-order chi connectivity index (χ0) is 11.7. The number of thiazole rings is 1. The fourth-order valence-electron chi connectivity index (χ4n) is 1.64. The van der Waals surface area contributed by atoms with Gasteiger partial charge in [-0.05, 0) is 32.4 Å². The van der Waals surface area contributed by atoms with Gasteiger partial charge in [0, 0.05) is 5.38 Å². The van der Waals surface area contributed by atoms with Gasteiger partial charge in [-0.3, -0.25) is 0 Å². The second-order valence-corrected chi connectivity index (χ2v) is 5.04. The third-order valence-corrected chi connectivity index (χ3v) is 3.86. The molecule has 1 heterocycles. The lowest BCUT2D eigenvalue weighted by molar-refractivity contribution is -0.658. The summed E-state index contributed by atoms with van der Waals surface area (Å²) in [5, 5.41) is 6.80. The van der Waals surface area contributed by atoms with Gasteiger partial charge in [-0.1, -0.05) is 29.0 Å². The first kappa shape index (κ1) is 11.1. The van der Waals surface area contributed by atoms with Gasteiger partial charge >= 0.3 is 5.13 Å². The molecule has 0 saturated carbocycles. The zero-order valence-corrected chi connectivity index (χ0v) is 11.0. The molecule has 0 bridgehead atoms. The van der Waals surface area contributed by atoms with Gasteiger partial charge in [0.1, 0.15) is 11.4 Å². The van der Waals surface area contributed by atoms with Crippen LogP contribution in [0.5, 0.6) is 0 Å². The molecule has 16 heavy (non-hydrogen) atoms. The van der Waals surface area contributed by atoms with Crippen molar-refractivity contribution in [2.75, 3.05) is 5.32 Å². The molecule has 0 radical (unpaired) electrons. The molecule has 84 valence electrons. The number of rotatable bonds is 2. The van der Waals surface area contributed by atoms with Crippen molar-refractivity contribution >= 4 is 22.2 Å². The van der Waals surface area contributed by atoms with E-state index in [0.29, 0.717) is 0 Å². The van der Waals surface area contributed by atoms with Crippen LogP contribution in [0, 0.1) is 20.8 Å². The van der Waals surface area contributed by atoms with Crippen molar-refractivity contribution in [3.05, 3.63) is 40.4 Å². The third-order valence-electron chi connectivity index (χ3n) is 2.80. The van der Waals surface area contributed by atoms with E-state index in [1.807, 2.05) is 0 Å². The van der Waals surface area contributed by atoms with Crippen LogP contribution in [0.25, 0.3) is 0 Å². The lowest BCUT2D eigenvalue weighted by Crippen LogP contribution is -2.31. The summed E-state index contributed by atoms with van der Waals surface area (Å²) < 4.78 is 2.17. The van der Waals surface area contributed by atoms with Crippen LogP contribution in [0.4, 0.5) is 10.8 Å². The van der Waals surface area contributed by atoms with Crippen molar-refractivity contribution in [2.24, 2.45) is 7.05 Å². The lowest BCUT2D eigenvalue weighted by Gasteiger charge is -2.03. The Morgan fingerprint density at radius 1 is 1.19 bits per heavy atom. The lowest BCUT2D eigenvalue weighted by atomic mass is 10.1. The Kier molecular flexibility index (Phi) is 2.97. The summed E-state index contributed by atoms with van der Waals surface area (Å²) >= 11 is 1.74. The molecular weight excluding hydrogens is 216 g/mol. The minimum atomic E-state index is 1.17. The summed E-state index contributed by atoms with van der Waals surface area (Å²) in [5.41, 5.74) is 5.04. The van der Waals surface area contributed by atoms with E-state index >= 15 is 0 Å². The van der Waals surface area contributed by atoms with E-state index in [0.717, 1.165) is 0 Å². The molecule has 0 amide bonds. The predicted octanol–water partition coefficient (Wildman–Crippen LogP) is 3.24. The van der Waals surface area contributed by atoms with Gasteiger partial charge in [-0.15, -0.1) is 0 Å². The number of nitrogens with one attached hydrogen (secondary N) is 1. The van der Waals surface area contributed by atoms with E-state index in [1.54, 1.807) is 11.3 Å². The van der Waals surface area contributed by atoms with E-state index in [1.165, 1.54) is 27.6 Å². The predicted molar refractivity (Wildman–Crippen MR) is 69.4 cm³/mol. The first-order chi connectivity index (χ1) is 7.58. The van der Waals surface area contributed by atoms with E-state index < -0.39 is 0 Å². The maximum Gasteiger partial charge on any atom is 0.338 e. The van der Waals surface area contributed by atoms with E-state index in [9.17, 15) is 0 Å². The van der Waals surface area contributed by atoms with Gasteiger partial charge in [-0.25, -0.2) is 9.88 Å². The standard InChI is InChI=1S/C13H16N2S/c1-9-5-6-12(10(2)7-9)14-13-15(4)11(3)8-16-13/h5-8H,1-4H3/p+1. The maximum absolute atomic E-state index is 3.47. The van der Waals surface area contributed by atoms with Crippen LogP contribution >= 0.6 is 11.3 Å².